The van der Waals surface area contributed by atoms with Crippen LogP contribution in [0, 0.1) is 23.2 Å². The van der Waals surface area contributed by atoms with Crippen LogP contribution in [0.4, 0.5) is 0 Å². The largest absolute Gasteiger partial charge is 0.396 e. The Balaban J connectivity index is 1.73. The predicted molar refractivity (Wildman–Crippen MR) is 124 cm³/mol. The number of aliphatic hydroxyl groups is 3. The van der Waals surface area contributed by atoms with Gasteiger partial charge in [0.25, 0.3) is 0 Å². The standard InChI is InChI=1S/C27H40O3/c1-19(9-6-4-5-7-16-28)24-13-14-25-21(10-8-15-27(24,25)3)11-12-22-17-23(29)18-26(30)20(22)2/h4-6,9,11-12,19,23-26,28-30H,2,7-8,10,13-18H2,1,3H3/t19?,23-,24-,25+,26+,27-/m1/s1. The Labute approximate surface area is 182 Å². The molecule has 0 heterocycles. The van der Waals surface area contributed by atoms with Gasteiger partial charge in [-0.3, -0.25) is 0 Å². The minimum Gasteiger partial charge on any atom is -0.396 e. The third kappa shape index (κ3) is 5.07. The van der Waals surface area contributed by atoms with Crippen LogP contribution in [0.5, 0.6) is 0 Å². The van der Waals surface area contributed by atoms with E-state index in [1.165, 1.54) is 25.7 Å². The molecule has 3 nitrogen and oxygen atoms in total. The molecule has 0 aromatic heterocycles. The summed E-state index contributed by atoms with van der Waals surface area (Å²) in [5.74, 6) is 1.86. The molecular weight excluding hydrogens is 372 g/mol. The van der Waals surface area contributed by atoms with Gasteiger partial charge >= 0.3 is 0 Å². The molecule has 3 N–H and O–H groups in total. The van der Waals surface area contributed by atoms with E-state index >= 15 is 0 Å². The molecule has 3 heteroatoms. The first-order valence-electron chi connectivity index (χ1n) is 11.8. The number of hydrogen-bond donors (Lipinski definition) is 3. The maximum absolute atomic E-state index is 10.1. The van der Waals surface area contributed by atoms with Crippen molar-refractivity contribution >= 4 is 0 Å². The van der Waals surface area contributed by atoms with Gasteiger partial charge in [0.2, 0.25) is 0 Å². The van der Waals surface area contributed by atoms with Crippen molar-refractivity contribution < 1.29 is 15.3 Å². The first kappa shape index (κ1) is 23.2. The van der Waals surface area contributed by atoms with Gasteiger partial charge in [0.1, 0.15) is 0 Å². The quantitative estimate of drug-likeness (QED) is 0.522. The monoisotopic (exact) mass is 412 g/mol. The molecule has 30 heavy (non-hydrogen) atoms. The second kappa shape index (κ2) is 10.3. The third-order valence-corrected chi connectivity index (χ3v) is 7.89. The lowest BCUT2D eigenvalue weighted by Gasteiger charge is -2.44. The fraction of sp³-hybridized carbons (Fsp3) is 0.630. The zero-order chi connectivity index (χ0) is 21.7. The van der Waals surface area contributed by atoms with Gasteiger partial charge in [0.15, 0.2) is 0 Å². The zero-order valence-electron chi connectivity index (χ0n) is 18.8. The van der Waals surface area contributed by atoms with Gasteiger partial charge in [-0.05, 0) is 79.3 Å². The summed E-state index contributed by atoms with van der Waals surface area (Å²) in [7, 11) is 0. The third-order valence-electron chi connectivity index (χ3n) is 7.89. The minimum atomic E-state index is -0.620. The Morgan fingerprint density at radius 3 is 2.77 bits per heavy atom. The lowest BCUT2D eigenvalue weighted by molar-refractivity contribution is 0.0862. The summed E-state index contributed by atoms with van der Waals surface area (Å²) in [6.45, 7) is 9.10. The highest BCUT2D eigenvalue weighted by Crippen LogP contribution is 2.59. The fourth-order valence-corrected chi connectivity index (χ4v) is 6.23. The molecule has 166 valence electrons. The van der Waals surface area contributed by atoms with E-state index in [1.807, 2.05) is 6.08 Å². The highest BCUT2D eigenvalue weighted by molar-refractivity contribution is 5.38. The van der Waals surface area contributed by atoms with E-state index in [2.05, 4.69) is 50.8 Å². The fourth-order valence-electron chi connectivity index (χ4n) is 6.23. The van der Waals surface area contributed by atoms with E-state index in [9.17, 15) is 10.2 Å². The zero-order valence-corrected chi connectivity index (χ0v) is 18.8. The first-order valence-corrected chi connectivity index (χ1v) is 11.8. The second-order valence-electron chi connectivity index (χ2n) is 9.85. The number of rotatable bonds is 6. The molecule has 1 unspecified atom stereocenters. The number of fused-ring (bicyclic) bond motifs is 1. The predicted octanol–water partition coefficient (Wildman–Crippen LogP) is 5.26. The first-order chi connectivity index (χ1) is 14.4. The molecule has 3 aliphatic rings. The number of aliphatic hydroxyl groups excluding tert-OH is 3. The maximum atomic E-state index is 10.1. The number of hydrogen-bond acceptors (Lipinski definition) is 3. The van der Waals surface area contributed by atoms with Crippen LogP contribution in [0.15, 0.2) is 59.8 Å². The van der Waals surface area contributed by atoms with Crippen molar-refractivity contribution in [1.82, 2.24) is 0 Å². The van der Waals surface area contributed by atoms with Crippen LogP contribution in [0.3, 0.4) is 0 Å². The van der Waals surface area contributed by atoms with Crippen LogP contribution in [0.2, 0.25) is 0 Å². The summed E-state index contributed by atoms with van der Waals surface area (Å²) < 4.78 is 0. The molecule has 0 bridgehead atoms. The van der Waals surface area contributed by atoms with Crippen molar-refractivity contribution in [2.45, 2.75) is 77.4 Å². The van der Waals surface area contributed by atoms with Crippen molar-refractivity contribution in [3.8, 4) is 0 Å². The van der Waals surface area contributed by atoms with Crippen molar-refractivity contribution in [2.75, 3.05) is 6.61 Å². The summed E-state index contributed by atoms with van der Waals surface area (Å²) >= 11 is 0. The molecule has 0 aliphatic heterocycles. The van der Waals surface area contributed by atoms with Gasteiger partial charge in [-0.15, -0.1) is 0 Å². The van der Waals surface area contributed by atoms with Gasteiger partial charge in [0.05, 0.1) is 12.2 Å². The van der Waals surface area contributed by atoms with Crippen molar-refractivity contribution in [2.24, 2.45) is 23.2 Å². The van der Waals surface area contributed by atoms with Gasteiger partial charge < -0.3 is 15.3 Å². The molecular formula is C27H40O3. The molecule has 6 atom stereocenters. The Morgan fingerprint density at radius 2 is 2.00 bits per heavy atom. The Kier molecular flexibility index (Phi) is 7.95. The smallest absolute Gasteiger partial charge is 0.0811 e. The van der Waals surface area contributed by atoms with Gasteiger partial charge in [-0.25, -0.2) is 0 Å². The van der Waals surface area contributed by atoms with Gasteiger partial charge in [0, 0.05) is 13.0 Å². The van der Waals surface area contributed by atoms with Crippen LogP contribution in [0.25, 0.3) is 0 Å². The summed E-state index contributed by atoms with van der Waals surface area (Å²) in [5.41, 5.74) is 3.65. The highest BCUT2D eigenvalue weighted by Gasteiger charge is 2.50. The molecule has 3 saturated carbocycles. The molecule has 0 spiro atoms. The molecule has 0 radical (unpaired) electrons. The summed E-state index contributed by atoms with van der Waals surface area (Å²) in [6, 6.07) is 0. The van der Waals surface area contributed by atoms with Gasteiger partial charge in [-0.1, -0.05) is 62.5 Å². The summed E-state index contributed by atoms with van der Waals surface area (Å²) in [6.07, 6.45) is 19.8. The van der Waals surface area contributed by atoms with E-state index in [1.54, 1.807) is 5.57 Å². The molecule has 0 saturated heterocycles. The van der Waals surface area contributed by atoms with E-state index < -0.39 is 12.2 Å². The molecule has 0 amide bonds. The Bertz CT molecular complexity index is 728. The average Bonchev–Trinajstić information content (AvgIpc) is 3.07. The summed E-state index contributed by atoms with van der Waals surface area (Å²) in [5, 5.41) is 29.0. The molecule has 3 rings (SSSR count). The molecule has 3 aliphatic carbocycles. The Morgan fingerprint density at radius 1 is 1.20 bits per heavy atom. The second-order valence-corrected chi connectivity index (χ2v) is 9.85. The van der Waals surface area contributed by atoms with Crippen molar-refractivity contribution in [3.05, 3.63) is 59.8 Å². The Hall–Kier alpha value is -1.42. The lowest BCUT2D eigenvalue weighted by Crippen LogP contribution is -2.35. The van der Waals surface area contributed by atoms with Crippen molar-refractivity contribution in [3.63, 3.8) is 0 Å². The van der Waals surface area contributed by atoms with Crippen LogP contribution >= 0.6 is 0 Å². The minimum absolute atomic E-state index is 0.207. The van der Waals surface area contributed by atoms with Crippen LogP contribution in [-0.4, -0.2) is 34.1 Å². The van der Waals surface area contributed by atoms with Crippen LogP contribution < -0.4 is 0 Å². The average molecular weight is 413 g/mol. The normalized spacial score (nSPS) is 38.8. The van der Waals surface area contributed by atoms with E-state index in [0.717, 1.165) is 17.6 Å². The lowest BCUT2D eigenvalue weighted by atomic mass is 9.61. The topological polar surface area (TPSA) is 60.7 Å². The summed E-state index contributed by atoms with van der Waals surface area (Å²) in [4.78, 5) is 0. The van der Waals surface area contributed by atoms with E-state index in [4.69, 9.17) is 5.11 Å². The molecule has 0 aromatic rings. The SMILES string of the molecule is C=C1C(=CC=C2CCC[C@]3(C)[C@@H](C(C)C=CC=CCCO)CC[C@@H]23)C[C@@H](O)C[C@@H]1O. The van der Waals surface area contributed by atoms with Crippen LogP contribution in [0.1, 0.15) is 65.2 Å². The molecule has 3 fully saturated rings. The number of allylic oxidation sites excluding steroid dienone is 6. The maximum Gasteiger partial charge on any atom is 0.0811 e. The highest BCUT2D eigenvalue weighted by atomic mass is 16.3. The molecule has 0 aromatic carbocycles. The van der Waals surface area contributed by atoms with Crippen LogP contribution in [-0.2, 0) is 0 Å². The van der Waals surface area contributed by atoms with E-state index in [-0.39, 0.29) is 6.61 Å². The van der Waals surface area contributed by atoms with Gasteiger partial charge in [-0.2, -0.15) is 0 Å². The van der Waals surface area contributed by atoms with Crippen molar-refractivity contribution in [1.29, 1.82) is 0 Å². The van der Waals surface area contributed by atoms with E-state index in [0.29, 0.717) is 42.4 Å².